The van der Waals surface area contributed by atoms with Gasteiger partial charge in [0.2, 0.25) is 0 Å². The van der Waals surface area contributed by atoms with Crippen molar-refractivity contribution in [3.63, 3.8) is 0 Å². The van der Waals surface area contributed by atoms with Crippen LogP contribution in [0, 0.1) is 0 Å². The molecule has 0 saturated carbocycles. The fourth-order valence-electron chi connectivity index (χ4n) is 0.969. The van der Waals surface area contributed by atoms with Crippen LogP contribution in [0.4, 0.5) is 0 Å². The third kappa shape index (κ3) is 19.7. The van der Waals surface area contributed by atoms with Gasteiger partial charge < -0.3 is 95.9 Å². The number of aromatic nitrogens is 2. The van der Waals surface area contributed by atoms with Gasteiger partial charge in [0.1, 0.15) is 14.1 Å². The maximum atomic E-state index is 2.00. The second kappa shape index (κ2) is 22.0. The summed E-state index contributed by atoms with van der Waals surface area (Å²) >= 11 is 0. The molecule has 111 valence electrons. The minimum atomic E-state index is 0. The van der Waals surface area contributed by atoms with Gasteiger partial charge in [-0.25, -0.2) is 9.13 Å². The zero-order chi connectivity index (χ0) is 10.2. The van der Waals surface area contributed by atoms with Gasteiger partial charge in [-0.1, -0.05) is 12.1 Å². The Bertz CT molecular complexity index is 325. The molecule has 2 nitrogen and oxygen atoms in total. The second-order valence-electron chi connectivity index (χ2n) is 3.08. The van der Waals surface area contributed by atoms with Crippen LogP contribution < -0.4 is 105 Å². The summed E-state index contributed by atoms with van der Waals surface area (Å²) in [5, 5.41) is 0. The third-order valence-corrected chi connectivity index (χ3v) is 1.73. The number of halogens is 4. The molecule has 2 rings (SSSR count). The Morgan fingerprint density at radius 3 is 0.789 bits per heavy atom. The van der Waals surface area contributed by atoms with E-state index in [0.29, 0.717) is 0 Å². The van der Waals surface area contributed by atoms with Crippen LogP contribution in [0.3, 0.4) is 0 Å². The monoisotopic (exact) mass is 755 g/mol. The van der Waals surface area contributed by atoms with Crippen LogP contribution in [-0.4, -0.2) is 0 Å². The first kappa shape index (κ1) is 32.6. The van der Waals surface area contributed by atoms with Crippen LogP contribution in [-0.2, 0) is 30.9 Å². The van der Waals surface area contributed by atoms with Crippen molar-refractivity contribution in [2.24, 2.45) is 14.1 Å². The Morgan fingerprint density at radius 1 is 0.474 bits per heavy atom. The molecule has 0 atom stereocenters. The minimum absolute atomic E-state index is 0. The maximum Gasteiger partial charge on any atom is 2.00 e. The van der Waals surface area contributed by atoms with Gasteiger partial charge in [-0.15, -0.1) is 0 Å². The summed E-state index contributed by atoms with van der Waals surface area (Å²) in [6.45, 7) is 0. The number of hydrogen-bond acceptors (Lipinski definition) is 0. The summed E-state index contributed by atoms with van der Waals surface area (Å²) < 4.78 is 4.00. The Hall–Kier alpha value is 1.73. The Labute approximate surface area is 194 Å². The molecule has 0 amide bonds. The van der Waals surface area contributed by atoms with Crippen LogP contribution >= 0.6 is 0 Å². The molecule has 2 aromatic heterocycles. The molecular formula is C12H16CoI4N2. The fraction of sp³-hybridized carbons (Fsp3) is 0.167. The Kier molecular flexibility index (Phi) is 37.8. The van der Waals surface area contributed by atoms with Crippen molar-refractivity contribution in [2.75, 3.05) is 0 Å². The van der Waals surface area contributed by atoms with Gasteiger partial charge in [-0.05, 0) is 0 Å². The smallest absolute Gasteiger partial charge is 1.00 e. The molecule has 0 aliphatic rings. The molecule has 0 aromatic carbocycles. The van der Waals surface area contributed by atoms with Crippen molar-refractivity contribution in [3.05, 3.63) is 61.2 Å². The van der Waals surface area contributed by atoms with Gasteiger partial charge >= 0.3 is 16.8 Å². The standard InChI is InChI=1S/2C6H8N.Co.4HI/c2*1-7-5-3-2-4-6-7;;;;;/h2*2-6H,1H3;;4*1H/q2*+1;+2;;;;/p-4. The predicted molar refractivity (Wildman–Crippen MR) is 55.2 cm³/mol. The number of nitrogens with zero attached hydrogens (tertiary/aromatic N) is 2. The summed E-state index contributed by atoms with van der Waals surface area (Å²) in [6.07, 6.45) is 8.00. The molecule has 0 spiro atoms. The first-order valence-corrected chi connectivity index (χ1v) is 4.59. The molecule has 7 heteroatoms. The molecule has 2 heterocycles. The van der Waals surface area contributed by atoms with Crippen LogP contribution in [0.15, 0.2) is 61.2 Å². The van der Waals surface area contributed by atoms with Crippen molar-refractivity contribution < 1.29 is 122 Å². The van der Waals surface area contributed by atoms with Crippen molar-refractivity contribution >= 4 is 0 Å². The summed E-state index contributed by atoms with van der Waals surface area (Å²) in [5.41, 5.74) is 0. The first-order chi connectivity index (χ1) is 6.79. The molecule has 0 bridgehead atoms. The topological polar surface area (TPSA) is 7.76 Å². The van der Waals surface area contributed by atoms with E-state index in [-0.39, 0.29) is 113 Å². The van der Waals surface area contributed by atoms with Gasteiger partial charge in [0.05, 0.1) is 0 Å². The normalized spacial score (nSPS) is 6.42. The average Bonchev–Trinajstić information content (AvgIpc) is 2.21. The summed E-state index contributed by atoms with van der Waals surface area (Å²) in [7, 11) is 4.00. The van der Waals surface area contributed by atoms with E-state index in [9.17, 15) is 0 Å². The SMILES string of the molecule is C[n+]1ccccc1.C[n+]1ccccc1.[Co+2].[I-].[I-].[I-].[I-]. The number of pyridine rings is 2. The zero-order valence-electron chi connectivity index (χ0n) is 10.5. The number of hydrogen-bond donors (Lipinski definition) is 0. The summed E-state index contributed by atoms with van der Waals surface area (Å²) in [5.74, 6) is 0. The van der Waals surface area contributed by atoms with Crippen molar-refractivity contribution in [1.29, 1.82) is 0 Å². The Morgan fingerprint density at radius 2 is 0.684 bits per heavy atom. The molecule has 0 aliphatic carbocycles. The summed E-state index contributed by atoms with van der Waals surface area (Å²) in [6, 6.07) is 12.0. The number of rotatable bonds is 0. The quantitative estimate of drug-likeness (QED) is 0.187. The molecular weight excluding hydrogens is 739 g/mol. The van der Waals surface area contributed by atoms with Gasteiger partial charge in [0.25, 0.3) is 0 Å². The summed E-state index contributed by atoms with van der Waals surface area (Å²) in [4.78, 5) is 0. The second-order valence-corrected chi connectivity index (χ2v) is 3.08. The van der Waals surface area contributed by atoms with Crippen molar-refractivity contribution in [2.45, 2.75) is 0 Å². The molecule has 2 aromatic rings. The molecule has 0 aliphatic heterocycles. The number of aryl methyl sites for hydroxylation is 2. The molecule has 0 fully saturated rings. The predicted octanol–water partition coefficient (Wildman–Crippen LogP) is -11.0. The van der Waals surface area contributed by atoms with Crippen molar-refractivity contribution in [3.8, 4) is 0 Å². The van der Waals surface area contributed by atoms with E-state index in [2.05, 4.69) is 0 Å². The van der Waals surface area contributed by atoms with Crippen LogP contribution in [0.1, 0.15) is 0 Å². The first-order valence-electron chi connectivity index (χ1n) is 4.59. The van der Waals surface area contributed by atoms with Gasteiger partial charge in [0, 0.05) is 24.3 Å². The van der Waals surface area contributed by atoms with Crippen LogP contribution in [0.5, 0.6) is 0 Å². The third-order valence-electron chi connectivity index (χ3n) is 1.73. The van der Waals surface area contributed by atoms with E-state index in [1.54, 1.807) is 0 Å². The largest absolute Gasteiger partial charge is 2.00 e. The molecule has 0 saturated heterocycles. The minimum Gasteiger partial charge on any atom is -1.00 e. The van der Waals surface area contributed by atoms with E-state index in [4.69, 9.17) is 0 Å². The average molecular weight is 755 g/mol. The molecule has 0 unspecified atom stereocenters. The van der Waals surface area contributed by atoms with Gasteiger partial charge in [-0.3, -0.25) is 0 Å². The fourth-order valence-corrected chi connectivity index (χ4v) is 0.969. The van der Waals surface area contributed by atoms with Crippen LogP contribution in [0.25, 0.3) is 0 Å². The van der Waals surface area contributed by atoms with Crippen molar-refractivity contribution in [1.82, 2.24) is 0 Å². The van der Waals surface area contributed by atoms with Gasteiger partial charge in [-0.2, -0.15) is 0 Å². The molecule has 1 radical (unpaired) electrons. The van der Waals surface area contributed by atoms with Crippen LogP contribution in [0.2, 0.25) is 0 Å². The Balaban J connectivity index is -0.0000000544. The maximum absolute atomic E-state index is 2.00. The molecule has 19 heavy (non-hydrogen) atoms. The van der Waals surface area contributed by atoms with E-state index in [1.165, 1.54) is 0 Å². The zero-order valence-corrected chi connectivity index (χ0v) is 20.2. The van der Waals surface area contributed by atoms with E-state index < -0.39 is 0 Å². The van der Waals surface area contributed by atoms with E-state index >= 15 is 0 Å². The van der Waals surface area contributed by atoms with E-state index in [1.807, 2.05) is 84.4 Å². The van der Waals surface area contributed by atoms with E-state index in [0.717, 1.165) is 0 Å². The van der Waals surface area contributed by atoms with Gasteiger partial charge in [0.15, 0.2) is 24.8 Å². The molecule has 0 N–H and O–H groups in total.